The Bertz CT molecular complexity index is 478. The van der Waals surface area contributed by atoms with Crippen LogP contribution < -0.4 is 10.2 Å². The summed E-state index contributed by atoms with van der Waals surface area (Å²) in [6.45, 7) is 6.80. The molecule has 2 nitrogen and oxygen atoms in total. The Balaban J connectivity index is 1.65. The van der Waals surface area contributed by atoms with Crippen molar-refractivity contribution >= 4 is 21.6 Å². The molecule has 3 heteroatoms. The fourth-order valence-electron chi connectivity index (χ4n) is 2.71. The quantitative estimate of drug-likeness (QED) is 0.729. The topological polar surface area (TPSA) is 15.3 Å². The van der Waals surface area contributed by atoms with Crippen LogP contribution >= 0.6 is 15.9 Å². The first-order valence-electron chi connectivity index (χ1n) is 8.42. The number of halogens is 1. The second-order valence-corrected chi connectivity index (χ2v) is 7.89. The summed E-state index contributed by atoms with van der Waals surface area (Å²) in [6.07, 6.45) is 6.70. The van der Waals surface area contributed by atoms with E-state index >= 15 is 0 Å². The van der Waals surface area contributed by atoms with Crippen LogP contribution in [0.25, 0.3) is 0 Å². The van der Waals surface area contributed by atoms with Gasteiger partial charge < -0.3 is 10.2 Å². The Morgan fingerprint density at radius 1 is 1.24 bits per heavy atom. The highest BCUT2D eigenvalue weighted by Crippen LogP contribution is 2.34. The zero-order chi connectivity index (χ0) is 14.8. The van der Waals surface area contributed by atoms with Gasteiger partial charge in [0, 0.05) is 35.3 Å². The van der Waals surface area contributed by atoms with Crippen molar-refractivity contribution in [1.29, 1.82) is 0 Å². The molecule has 0 aliphatic heterocycles. The largest absolute Gasteiger partial charge is 0.369 e. The van der Waals surface area contributed by atoms with Crippen LogP contribution in [0.1, 0.15) is 51.5 Å². The Morgan fingerprint density at radius 3 is 2.57 bits per heavy atom. The summed E-state index contributed by atoms with van der Waals surface area (Å²) < 4.78 is 1.25. The van der Waals surface area contributed by atoms with E-state index in [0.29, 0.717) is 0 Å². The highest BCUT2D eigenvalue weighted by atomic mass is 79.9. The average molecular weight is 351 g/mol. The van der Waals surface area contributed by atoms with Crippen LogP contribution in [0.15, 0.2) is 22.7 Å². The van der Waals surface area contributed by atoms with Crippen molar-refractivity contribution < 1.29 is 0 Å². The fraction of sp³-hybridized carbons (Fsp3) is 0.667. The molecule has 1 aromatic rings. The van der Waals surface area contributed by atoms with Crippen molar-refractivity contribution in [2.75, 3.05) is 11.4 Å². The number of hydrogen-bond donors (Lipinski definition) is 1. The fourth-order valence-corrected chi connectivity index (χ4v) is 3.21. The van der Waals surface area contributed by atoms with E-state index < -0.39 is 0 Å². The molecule has 2 fully saturated rings. The molecule has 21 heavy (non-hydrogen) atoms. The predicted octanol–water partition coefficient (Wildman–Crippen LogP) is 4.72. The van der Waals surface area contributed by atoms with E-state index in [1.165, 1.54) is 54.4 Å². The average Bonchev–Trinajstić information content (AvgIpc) is 3.31. The van der Waals surface area contributed by atoms with Gasteiger partial charge in [0.15, 0.2) is 0 Å². The molecule has 0 unspecified atom stereocenters. The van der Waals surface area contributed by atoms with Crippen LogP contribution in [-0.4, -0.2) is 18.6 Å². The van der Waals surface area contributed by atoms with Gasteiger partial charge in [-0.15, -0.1) is 0 Å². The molecule has 0 amide bonds. The van der Waals surface area contributed by atoms with Crippen LogP contribution in [0.4, 0.5) is 5.69 Å². The van der Waals surface area contributed by atoms with Gasteiger partial charge in [-0.25, -0.2) is 0 Å². The van der Waals surface area contributed by atoms with Gasteiger partial charge in [0.25, 0.3) is 0 Å². The summed E-state index contributed by atoms with van der Waals surface area (Å²) in [5, 5.41) is 3.59. The molecule has 0 saturated heterocycles. The van der Waals surface area contributed by atoms with E-state index in [4.69, 9.17) is 0 Å². The molecule has 3 rings (SSSR count). The minimum absolute atomic E-state index is 0.769. The van der Waals surface area contributed by atoms with Crippen molar-refractivity contribution in [3.63, 3.8) is 0 Å². The molecule has 2 saturated carbocycles. The first-order valence-corrected chi connectivity index (χ1v) is 9.21. The molecule has 0 atom stereocenters. The summed E-state index contributed by atoms with van der Waals surface area (Å²) in [6, 6.07) is 8.48. The molecule has 0 spiro atoms. The third-order valence-corrected chi connectivity index (χ3v) is 5.20. The molecular formula is C18H27BrN2. The van der Waals surface area contributed by atoms with Gasteiger partial charge in [0.05, 0.1) is 0 Å². The molecule has 0 heterocycles. The van der Waals surface area contributed by atoms with E-state index in [9.17, 15) is 0 Å². The molecule has 0 bridgehead atoms. The second kappa shape index (κ2) is 6.70. The molecule has 0 radical (unpaired) electrons. The number of rotatable bonds is 8. The summed E-state index contributed by atoms with van der Waals surface area (Å²) in [5.74, 6) is 0.775. The van der Waals surface area contributed by atoms with Crippen molar-refractivity contribution in [2.45, 2.75) is 64.6 Å². The molecule has 1 aromatic carbocycles. The first kappa shape index (κ1) is 15.4. The van der Waals surface area contributed by atoms with Gasteiger partial charge >= 0.3 is 0 Å². The standard InChI is InChI=1S/C18H27BrN2/c1-13(2)9-10-21(16-7-8-16)17-6-3-14(18(19)11-17)12-20-15-4-5-15/h3,6,11,13,15-16,20H,4-5,7-10,12H2,1-2H3. The lowest BCUT2D eigenvalue weighted by Crippen LogP contribution is -2.27. The number of nitrogens with zero attached hydrogens (tertiary/aromatic N) is 1. The molecule has 1 N–H and O–H groups in total. The number of nitrogens with one attached hydrogen (secondary N) is 1. The summed E-state index contributed by atoms with van der Waals surface area (Å²) in [7, 11) is 0. The smallest absolute Gasteiger partial charge is 0.0380 e. The monoisotopic (exact) mass is 350 g/mol. The third-order valence-electron chi connectivity index (χ3n) is 4.46. The van der Waals surface area contributed by atoms with Crippen LogP contribution in [-0.2, 0) is 6.54 Å². The molecule has 116 valence electrons. The zero-order valence-electron chi connectivity index (χ0n) is 13.2. The van der Waals surface area contributed by atoms with Crippen molar-refractivity contribution in [3.05, 3.63) is 28.2 Å². The van der Waals surface area contributed by atoms with E-state index in [1.807, 2.05) is 0 Å². The zero-order valence-corrected chi connectivity index (χ0v) is 14.8. The number of anilines is 1. The van der Waals surface area contributed by atoms with E-state index in [1.54, 1.807) is 0 Å². The van der Waals surface area contributed by atoms with Gasteiger partial charge in [0.1, 0.15) is 0 Å². The maximum atomic E-state index is 3.77. The summed E-state index contributed by atoms with van der Waals surface area (Å²) in [4.78, 5) is 2.61. The second-order valence-electron chi connectivity index (χ2n) is 7.04. The van der Waals surface area contributed by atoms with Crippen molar-refractivity contribution in [2.24, 2.45) is 5.92 Å². The summed E-state index contributed by atoms with van der Waals surface area (Å²) >= 11 is 3.77. The Kier molecular flexibility index (Phi) is 4.90. The molecular weight excluding hydrogens is 324 g/mol. The van der Waals surface area contributed by atoms with Gasteiger partial charge in [0.2, 0.25) is 0 Å². The van der Waals surface area contributed by atoms with Crippen molar-refractivity contribution in [3.8, 4) is 0 Å². The Morgan fingerprint density at radius 2 is 2.00 bits per heavy atom. The minimum atomic E-state index is 0.769. The maximum Gasteiger partial charge on any atom is 0.0380 e. The van der Waals surface area contributed by atoms with Crippen LogP contribution in [0.3, 0.4) is 0 Å². The third kappa shape index (κ3) is 4.46. The lowest BCUT2D eigenvalue weighted by Gasteiger charge is -2.26. The van der Waals surface area contributed by atoms with Gasteiger partial charge in [-0.2, -0.15) is 0 Å². The van der Waals surface area contributed by atoms with Gasteiger partial charge in [-0.1, -0.05) is 35.8 Å². The minimum Gasteiger partial charge on any atom is -0.369 e. The Labute approximate surface area is 137 Å². The normalized spacial score (nSPS) is 18.3. The van der Waals surface area contributed by atoms with Crippen LogP contribution in [0.5, 0.6) is 0 Å². The van der Waals surface area contributed by atoms with E-state index in [-0.39, 0.29) is 0 Å². The summed E-state index contributed by atoms with van der Waals surface area (Å²) in [5.41, 5.74) is 2.77. The van der Waals surface area contributed by atoms with E-state index in [2.05, 4.69) is 58.2 Å². The van der Waals surface area contributed by atoms with Crippen LogP contribution in [0.2, 0.25) is 0 Å². The molecule has 0 aromatic heterocycles. The lowest BCUT2D eigenvalue weighted by molar-refractivity contribution is 0.570. The highest BCUT2D eigenvalue weighted by Gasteiger charge is 2.29. The maximum absolute atomic E-state index is 3.77. The number of benzene rings is 1. The SMILES string of the molecule is CC(C)CCN(c1ccc(CNC2CC2)c(Br)c1)C1CC1. The lowest BCUT2D eigenvalue weighted by atomic mass is 10.1. The van der Waals surface area contributed by atoms with Gasteiger partial charge in [-0.05, 0) is 55.7 Å². The van der Waals surface area contributed by atoms with E-state index in [0.717, 1.165) is 24.5 Å². The van der Waals surface area contributed by atoms with Crippen molar-refractivity contribution in [1.82, 2.24) is 5.32 Å². The molecule has 2 aliphatic carbocycles. The highest BCUT2D eigenvalue weighted by molar-refractivity contribution is 9.10. The van der Waals surface area contributed by atoms with Crippen LogP contribution in [0, 0.1) is 5.92 Å². The Hall–Kier alpha value is -0.540. The number of hydrogen-bond acceptors (Lipinski definition) is 2. The molecule has 2 aliphatic rings. The van der Waals surface area contributed by atoms with Gasteiger partial charge in [-0.3, -0.25) is 0 Å². The predicted molar refractivity (Wildman–Crippen MR) is 93.8 cm³/mol. The first-order chi connectivity index (χ1) is 10.1.